The summed E-state index contributed by atoms with van der Waals surface area (Å²) in [7, 11) is 0. The number of nitrogens with two attached hydrogens (primary N) is 1. The lowest BCUT2D eigenvalue weighted by atomic mass is 10.0. The second kappa shape index (κ2) is 6.78. The number of carbonyl (C=O) groups is 2. The van der Waals surface area contributed by atoms with Crippen molar-refractivity contribution in [3.8, 4) is 11.3 Å². The van der Waals surface area contributed by atoms with E-state index in [-0.39, 0.29) is 22.7 Å². The molecular weight excluding hydrogens is 347 g/mol. The van der Waals surface area contributed by atoms with Gasteiger partial charge in [0.05, 0.1) is 11.3 Å². The summed E-state index contributed by atoms with van der Waals surface area (Å²) in [5.74, 6) is -0.925. The predicted molar refractivity (Wildman–Crippen MR) is 87.9 cm³/mol. The van der Waals surface area contributed by atoms with E-state index in [9.17, 15) is 22.8 Å². The van der Waals surface area contributed by atoms with Gasteiger partial charge in [0.1, 0.15) is 6.04 Å². The van der Waals surface area contributed by atoms with Crippen LogP contribution >= 0.6 is 0 Å². The van der Waals surface area contributed by atoms with E-state index in [2.05, 4.69) is 4.98 Å². The Hall–Kier alpha value is -2.90. The molecule has 0 bridgehead atoms. The first-order valence-electron chi connectivity index (χ1n) is 8.02. The maximum absolute atomic E-state index is 13.1. The molecule has 0 radical (unpaired) electrons. The lowest BCUT2D eigenvalue weighted by Gasteiger charge is -2.22. The van der Waals surface area contributed by atoms with E-state index in [1.807, 2.05) is 0 Å². The summed E-state index contributed by atoms with van der Waals surface area (Å²) in [5.41, 5.74) is 4.81. The van der Waals surface area contributed by atoms with Crippen LogP contribution in [0, 0.1) is 0 Å². The van der Waals surface area contributed by atoms with Crippen LogP contribution in [0.1, 0.15) is 28.8 Å². The van der Waals surface area contributed by atoms with E-state index >= 15 is 0 Å². The van der Waals surface area contributed by atoms with Gasteiger partial charge in [0, 0.05) is 23.9 Å². The Morgan fingerprint density at radius 1 is 1.15 bits per heavy atom. The van der Waals surface area contributed by atoms with E-state index in [0.29, 0.717) is 19.4 Å². The Kier molecular flexibility index (Phi) is 4.67. The third-order valence-corrected chi connectivity index (χ3v) is 4.36. The minimum Gasteiger partial charge on any atom is -0.368 e. The molecule has 3 rings (SSSR count). The molecule has 1 atom stereocenters. The van der Waals surface area contributed by atoms with Crippen LogP contribution in [0.5, 0.6) is 0 Å². The highest BCUT2D eigenvalue weighted by atomic mass is 19.4. The standard InChI is InChI=1S/C18H16F3N3O2/c19-18(20,21)13-3-1-9-23-15(13)11-5-7-12(8-6-11)17(26)24-10-2-4-14(24)16(22)25/h1,3,5-9,14H,2,4,10H2,(H2,22,25)/t14-/m0/s1. The molecule has 1 fully saturated rings. The zero-order valence-electron chi connectivity index (χ0n) is 13.7. The summed E-state index contributed by atoms with van der Waals surface area (Å²) in [6.07, 6.45) is -2.05. The first kappa shape index (κ1) is 17.9. The highest BCUT2D eigenvalue weighted by molar-refractivity contribution is 5.98. The minimum absolute atomic E-state index is 0.199. The first-order chi connectivity index (χ1) is 12.3. The Balaban J connectivity index is 1.88. The molecule has 136 valence electrons. The van der Waals surface area contributed by atoms with Crippen molar-refractivity contribution in [3.05, 3.63) is 53.7 Å². The molecule has 1 aromatic carbocycles. The van der Waals surface area contributed by atoms with E-state index in [4.69, 9.17) is 5.73 Å². The van der Waals surface area contributed by atoms with Gasteiger partial charge in [-0.25, -0.2) is 0 Å². The Morgan fingerprint density at radius 2 is 1.85 bits per heavy atom. The molecule has 2 amide bonds. The van der Waals surface area contributed by atoms with Crippen LogP contribution in [0.3, 0.4) is 0 Å². The van der Waals surface area contributed by atoms with Gasteiger partial charge >= 0.3 is 6.18 Å². The van der Waals surface area contributed by atoms with Gasteiger partial charge in [-0.2, -0.15) is 13.2 Å². The lowest BCUT2D eigenvalue weighted by molar-refractivity contribution is -0.137. The number of rotatable bonds is 3. The molecule has 2 N–H and O–H groups in total. The van der Waals surface area contributed by atoms with Crippen LogP contribution in [0.15, 0.2) is 42.6 Å². The fourth-order valence-electron chi connectivity index (χ4n) is 3.11. The molecule has 0 unspecified atom stereocenters. The molecule has 5 nitrogen and oxygen atoms in total. The van der Waals surface area contributed by atoms with Crippen LogP contribution in [-0.2, 0) is 11.0 Å². The zero-order chi connectivity index (χ0) is 18.9. The summed E-state index contributed by atoms with van der Waals surface area (Å²) >= 11 is 0. The molecule has 0 aliphatic carbocycles. The number of carbonyl (C=O) groups excluding carboxylic acids is 2. The number of amides is 2. The van der Waals surface area contributed by atoms with Crippen LogP contribution < -0.4 is 5.73 Å². The Morgan fingerprint density at radius 3 is 2.46 bits per heavy atom. The molecule has 0 spiro atoms. The van der Waals surface area contributed by atoms with Gasteiger partial charge in [-0.1, -0.05) is 12.1 Å². The molecule has 8 heteroatoms. The van der Waals surface area contributed by atoms with Crippen molar-refractivity contribution in [2.75, 3.05) is 6.54 Å². The van der Waals surface area contributed by atoms with E-state index < -0.39 is 23.7 Å². The summed E-state index contributed by atoms with van der Waals surface area (Å²) in [6.45, 7) is 0.423. The zero-order valence-corrected chi connectivity index (χ0v) is 13.7. The minimum atomic E-state index is -4.53. The molecule has 1 aromatic heterocycles. The number of alkyl halides is 3. The number of aromatic nitrogens is 1. The smallest absolute Gasteiger partial charge is 0.368 e. The number of benzene rings is 1. The third kappa shape index (κ3) is 3.40. The normalized spacial score (nSPS) is 17.3. The van der Waals surface area contributed by atoms with Crippen LogP contribution in [0.4, 0.5) is 13.2 Å². The SMILES string of the molecule is NC(=O)[C@@H]1CCCN1C(=O)c1ccc(-c2ncccc2C(F)(F)F)cc1. The number of hydrogen-bond donors (Lipinski definition) is 1. The van der Waals surface area contributed by atoms with Crippen molar-refractivity contribution in [3.63, 3.8) is 0 Å². The van der Waals surface area contributed by atoms with Crippen molar-refractivity contribution in [1.29, 1.82) is 0 Å². The number of hydrogen-bond acceptors (Lipinski definition) is 3. The molecule has 26 heavy (non-hydrogen) atoms. The number of halogens is 3. The second-order valence-corrected chi connectivity index (χ2v) is 6.03. The maximum Gasteiger partial charge on any atom is 0.418 e. The van der Waals surface area contributed by atoms with Gasteiger partial charge in [-0.15, -0.1) is 0 Å². The first-order valence-corrected chi connectivity index (χ1v) is 8.02. The number of pyridine rings is 1. The van der Waals surface area contributed by atoms with Gasteiger partial charge < -0.3 is 10.6 Å². The van der Waals surface area contributed by atoms with Gasteiger partial charge in [0.2, 0.25) is 5.91 Å². The van der Waals surface area contributed by atoms with Crippen LogP contribution in [-0.4, -0.2) is 34.3 Å². The molecule has 2 aromatic rings. The Bertz CT molecular complexity index is 834. The van der Waals surface area contributed by atoms with E-state index in [1.54, 1.807) is 0 Å². The van der Waals surface area contributed by atoms with Crippen molar-refractivity contribution < 1.29 is 22.8 Å². The van der Waals surface area contributed by atoms with Gasteiger partial charge in [-0.3, -0.25) is 14.6 Å². The van der Waals surface area contributed by atoms with Gasteiger partial charge in [-0.05, 0) is 37.1 Å². The number of primary amides is 1. The fourth-order valence-corrected chi connectivity index (χ4v) is 3.11. The topological polar surface area (TPSA) is 76.3 Å². The molecular formula is C18H16F3N3O2. The second-order valence-electron chi connectivity index (χ2n) is 6.03. The highest BCUT2D eigenvalue weighted by Gasteiger charge is 2.35. The summed E-state index contributed by atoms with van der Waals surface area (Å²) < 4.78 is 39.4. The van der Waals surface area contributed by atoms with Gasteiger partial charge in [0.15, 0.2) is 0 Å². The quantitative estimate of drug-likeness (QED) is 0.911. The fraction of sp³-hybridized carbons (Fsp3) is 0.278. The third-order valence-electron chi connectivity index (χ3n) is 4.36. The largest absolute Gasteiger partial charge is 0.418 e. The lowest BCUT2D eigenvalue weighted by Crippen LogP contribution is -2.43. The van der Waals surface area contributed by atoms with Crippen molar-refractivity contribution in [1.82, 2.24) is 9.88 Å². The molecule has 0 saturated carbocycles. The number of nitrogens with zero attached hydrogens (tertiary/aromatic N) is 2. The van der Waals surface area contributed by atoms with E-state index in [0.717, 1.165) is 6.07 Å². The summed E-state index contributed by atoms with van der Waals surface area (Å²) in [6, 6.07) is 7.24. The molecule has 1 aliphatic heterocycles. The maximum atomic E-state index is 13.1. The summed E-state index contributed by atoms with van der Waals surface area (Å²) in [5, 5.41) is 0. The molecule has 2 heterocycles. The van der Waals surface area contributed by atoms with Crippen molar-refractivity contribution in [2.24, 2.45) is 5.73 Å². The van der Waals surface area contributed by atoms with Crippen molar-refractivity contribution in [2.45, 2.75) is 25.1 Å². The van der Waals surface area contributed by atoms with Crippen LogP contribution in [0.2, 0.25) is 0 Å². The van der Waals surface area contributed by atoms with E-state index in [1.165, 1.54) is 41.4 Å². The van der Waals surface area contributed by atoms with Crippen molar-refractivity contribution >= 4 is 11.8 Å². The average Bonchev–Trinajstić information content (AvgIpc) is 3.10. The monoisotopic (exact) mass is 363 g/mol. The average molecular weight is 363 g/mol. The van der Waals surface area contributed by atoms with Crippen LogP contribution in [0.25, 0.3) is 11.3 Å². The summed E-state index contributed by atoms with van der Waals surface area (Å²) in [4.78, 5) is 29.2. The molecule has 1 aliphatic rings. The Labute approximate surface area is 147 Å². The molecule has 1 saturated heterocycles. The van der Waals surface area contributed by atoms with Gasteiger partial charge in [0.25, 0.3) is 5.91 Å². The predicted octanol–water partition coefficient (Wildman–Crippen LogP) is 2.86. The highest BCUT2D eigenvalue weighted by Crippen LogP contribution is 2.35. The number of likely N-dealkylation sites (tertiary alicyclic amines) is 1.